The topological polar surface area (TPSA) is 89.8 Å². The number of H-pyrrole nitrogens is 1. The summed E-state index contributed by atoms with van der Waals surface area (Å²) >= 11 is 0. The summed E-state index contributed by atoms with van der Waals surface area (Å²) in [5, 5.41) is 0. The summed E-state index contributed by atoms with van der Waals surface area (Å²) in [5.74, 6) is -0.255. The molecule has 0 aliphatic heterocycles. The average molecular weight is 250 g/mol. The standard InChI is InChI=1S/C11H14N4O3/c1-11(2,3)9(17)15-5-12-7-6(15)8(16)13-10(18)14(7)4/h5H,1-4H3,(H,13,16,18). The van der Waals surface area contributed by atoms with Crippen molar-refractivity contribution in [2.75, 3.05) is 0 Å². The molecule has 7 nitrogen and oxygen atoms in total. The lowest BCUT2D eigenvalue weighted by Crippen LogP contribution is -2.32. The smallest absolute Gasteiger partial charge is 0.279 e. The molecule has 0 spiro atoms. The average Bonchev–Trinajstić information content (AvgIpc) is 2.68. The second-order valence-electron chi connectivity index (χ2n) is 5.16. The number of aromatic amines is 1. The zero-order chi connectivity index (χ0) is 13.7. The molecule has 18 heavy (non-hydrogen) atoms. The molecule has 0 atom stereocenters. The van der Waals surface area contributed by atoms with Crippen LogP contribution in [0, 0.1) is 5.41 Å². The van der Waals surface area contributed by atoms with Crippen LogP contribution in [0.25, 0.3) is 11.2 Å². The maximum absolute atomic E-state index is 12.2. The van der Waals surface area contributed by atoms with E-state index in [0.29, 0.717) is 0 Å². The summed E-state index contributed by atoms with van der Waals surface area (Å²) in [4.78, 5) is 41.5. The predicted octanol–water partition coefficient (Wildman–Crippen LogP) is 0.110. The van der Waals surface area contributed by atoms with Gasteiger partial charge in [-0.1, -0.05) is 20.8 Å². The second-order valence-corrected chi connectivity index (χ2v) is 5.16. The van der Waals surface area contributed by atoms with Gasteiger partial charge in [-0.05, 0) is 0 Å². The summed E-state index contributed by atoms with van der Waals surface area (Å²) in [6.07, 6.45) is 1.27. The Bertz CT molecular complexity index is 742. The second kappa shape index (κ2) is 3.66. The summed E-state index contributed by atoms with van der Waals surface area (Å²) < 4.78 is 2.39. The molecule has 2 heterocycles. The van der Waals surface area contributed by atoms with Crippen molar-refractivity contribution in [3.63, 3.8) is 0 Å². The van der Waals surface area contributed by atoms with E-state index in [0.717, 1.165) is 0 Å². The van der Waals surface area contributed by atoms with E-state index >= 15 is 0 Å². The lowest BCUT2D eigenvalue weighted by atomic mass is 9.95. The maximum Gasteiger partial charge on any atom is 0.329 e. The van der Waals surface area contributed by atoms with Gasteiger partial charge in [-0.25, -0.2) is 9.78 Å². The SMILES string of the molecule is Cn1c(=O)[nH]c(=O)c2c1ncn2C(=O)C(C)(C)C. The highest BCUT2D eigenvalue weighted by Crippen LogP contribution is 2.18. The number of nitrogens with one attached hydrogen (secondary N) is 1. The van der Waals surface area contributed by atoms with Crippen LogP contribution >= 0.6 is 0 Å². The Morgan fingerprint density at radius 1 is 1.33 bits per heavy atom. The van der Waals surface area contributed by atoms with Crippen LogP contribution in [0.3, 0.4) is 0 Å². The lowest BCUT2D eigenvalue weighted by Gasteiger charge is -2.16. The Balaban J connectivity index is 2.86. The fourth-order valence-electron chi connectivity index (χ4n) is 1.65. The van der Waals surface area contributed by atoms with Crippen LogP contribution in [0.1, 0.15) is 25.6 Å². The van der Waals surface area contributed by atoms with Crippen LogP contribution in [0.2, 0.25) is 0 Å². The number of rotatable bonds is 0. The van der Waals surface area contributed by atoms with E-state index in [-0.39, 0.29) is 17.1 Å². The first kappa shape index (κ1) is 12.3. The largest absolute Gasteiger partial charge is 0.329 e. The highest BCUT2D eigenvalue weighted by molar-refractivity contribution is 5.91. The lowest BCUT2D eigenvalue weighted by molar-refractivity contribution is 0.0771. The first-order valence-electron chi connectivity index (χ1n) is 5.44. The summed E-state index contributed by atoms with van der Waals surface area (Å²) in [6, 6.07) is 0. The van der Waals surface area contributed by atoms with Gasteiger partial charge in [-0.15, -0.1) is 0 Å². The van der Waals surface area contributed by atoms with Crippen LogP contribution in [-0.2, 0) is 7.05 Å². The number of carbonyl (C=O) groups excluding carboxylic acids is 1. The van der Waals surface area contributed by atoms with Crippen molar-refractivity contribution in [3.8, 4) is 0 Å². The Hall–Kier alpha value is -2.18. The van der Waals surface area contributed by atoms with Gasteiger partial charge < -0.3 is 0 Å². The first-order chi connectivity index (χ1) is 8.23. The van der Waals surface area contributed by atoms with Gasteiger partial charge in [0, 0.05) is 12.5 Å². The summed E-state index contributed by atoms with van der Waals surface area (Å²) in [5.41, 5.74) is -1.52. The molecule has 0 radical (unpaired) electrons. The fraction of sp³-hybridized carbons (Fsp3) is 0.455. The number of imidazole rings is 1. The van der Waals surface area contributed by atoms with Gasteiger partial charge in [0.1, 0.15) is 6.33 Å². The van der Waals surface area contributed by atoms with Gasteiger partial charge in [0.25, 0.3) is 5.56 Å². The monoisotopic (exact) mass is 250 g/mol. The van der Waals surface area contributed by atoms with Gasteiger partial charge in [0.05, 0.1) is 0 Å². The number of aromatic nitrogens is 4. The molecule has 96 valence electrons. The minimum absolute atomic E-state index is 0.0945. The maximum atomic E-state index is 12.2. The van der Waals surface area contributed by atoms with E-state index in [1.165, 1.54) is 22.5 Å². The third kappa shape index (κ3) is 1.68. The predicted molar refractivity (Wildman–Crippen MR) is 65.7 cm³/mol. The van der Waals surface area contributed by atoms with Crippen LogP contribution in [0.4, 0.5) is 0 Å². The summed E-state index contributed by atoms with van der Waals surface area (Å²) in [6.45, 7) is 5.24. The van der Waals surface area contributed by atoms with E-state index in [4.69, 9.17) is 0 Å². The minimum atomic E-state index is -0.644. The van der Waals surface area contributed by atoms with Gasteiger partial charge in [0.2, 0.25) is 5.91 Å². The molecular weight excluding hydrogens is 236 g/mol. The first-order valence-corrected chi connectivity index (χ1v) is 5.44. The number of hydrogen-bond acceptors (Lipinski definition) is 4. The molecule has 2 aromatic rings. The van der Waals surface area contributed by atoms with Crippen LogP contribution in [0.15, 0.2) is 15.9 Å². The molecule has 0 saturated carbocycles. The molecular formula is C11H14N4O3. The molecule has 7 heteroatoms. The molecule has 2 rings (SSSR count). The van der Waals surface area contributed by atoms with Crippen LogP contribution < -0.4 is 11.2 Å². The molecule has 0 unspecified atom stereocenters. The zero-order valence-electron chi connectivity index (χ0n) is 10.6. The highest BCUT2D eigenvalue weighted by Gasteiger charge is 2.26. The Labute approximate surface area is 102 Å². The number of carbonyl (C=O) groups is 1. The van der Waals surface area contributed by atoms with Crippen molar-refractivity contribution >= 4 is 17.1 Å². The number of fused-ring (bicyclic) bond motifs is 1. The van der Waals surface area contributed by atoms with E-state index in [9.17, 15) is 14.4 Å². The third-order valence-corrected chi connectivity index (χ3v) is 2.67. The van der Waals surface area contributed by atoms with E-state index < -0.39 is 16.7 Å². The van der Waals surface area contributed by atoms with Crippen LogP contribution in [-0.4, -0.2) is 25.0 Å². The number of hydrogen-bond donors (Lipinski definition) is 1. The van der Waals surface area contributed by atoms with Crippen molar-refractivity contribution in [3.05, 3.63) is 27.2 Å². The van der Waals surface area contributed by atoms with Crippen molar-refractivity contribution in [2.24, 2.45) is 12.5 Å². The van der Waals surface area contributed by atoms with Crippen molar-refractivity contribution in [1.29, 1.82) is 0 Å². The zero-order valence-corrected chi connectivity index (χ0v) is 10.6. The van der Waals surface area contributed by atoms with Crippen molar-refractivity contribution in [1.82, 2.24) is 19.1 Å². The van der Waals surface area contributed by atoms with Crippen molar-refractivity contribution in [2.45, 2.75) is 20.8 Å². The molecule has 0 aliphatic carbocycles. The molecule has 0 saturated heterocycles. The number of nitrogens with zero attached hydrogens (tertiary/aromatic N) is 3. The molecule has 0 amide bonds. The third-order valence-electron chi connectivity index (χ3n) is 2.67. The minimum Gasteiger partial charge on any atom is -0.279 e. The highest BCUT2D eigenvalue weighted by atomic mass is 16.2. The molecule has 0 fully saturated rings. The van der Waals surface area contributed by atoms with Gasteiger partial charge >= 0.3 is 5.69 Å². The molecule has 0 bridgehead atoms. The quantitative estimate of drug-likeness (QED) is 0.718. The molecule has 0 aliphatic rings. The van der Waals surface area contributed by atoms with Gasteiger partial charge in [-0.3, -0.25) is 23.7 Å². The van der Waals surface area contributed by atoms with Gasteiger partial charge in [0.15, 0.2) is 11.2 Å². The van der Waals surface area contributed by atoms with Crippen LogP contribution in [0.5, 0.6) is 0 Å². The van der Waals surface area contributed by atoms with Gasteiger partial charge in [-0.2, -0.15) is 0 Å². The Morgan fingerprint density at radius 3 is 2.50 bits per heavy atom. The normalized spacial score (nSPS) is 12.0. The molecule has 0 aromatic carbocycles. The van der Waals surface area contributed by atoms with E-state index in [1.807, 2.05) is 0 Å². The number of aryl methyl sites for hydroxylation is 1. The fourth-order valence-corrected chi connectivity index (χ4v) is 1.65. The Morgan fingerprint density at radius 2 is 1.94 bits per heavy atom. The van der Waals surface area contributed by atoms with Crippen molar-refractivity contribution < 1.29 is 4.79 Å². The molecule has 1 N–H and O–H groups in total. The Kier molecular flexibility index (Phi) is 2.50. The molecule has 2 aromatic heterocycles. The van der Waals surface area contributed by atoms with E-state index in [1.54, 1.807) is 20.8 Å². The van der Waals surface area contributed by atoms with E-state index in [2.05, 4.69) is 9.97 Å². The summed E-state index contributed by atoms with van der Waals surface area (Å²) in [7, 11) is 1.49.